The molecule has 1 aliphatic rings. The van der Waals surface area contributed by atoms with Crippen LogP contribution in [-0.4, -0.2) is 5.71 Å². The summed E-state index contributed by atoms with van der Waals surface area (Å²) in [6, 6.07) is 20.6. The van der Waals surface area contributed by atoms with Crippen LogP contribution in [0.25, 0.3) is 0 Å². The molecular weight excluding hydrogens is 398 g/mol. The average molecular weight is 413 g/mol. The largest absolute Gasteiger partial charge is 0.257 e. The SMILES string of the molecule is Fc1ccc(C2CC(c3ccc(Br)cc3)=NN2c2cccc(F)c2)cc1. The predicted molar refractivity (Wildman–Crippen MR) is 103 cm³/mol. The van der Waals surface area contributed by atoms with E-state index in [1.807, 2.05) is 35.3 Å². The van der Waals surface area contributed by atoms with Crippen LogP contribution < -0.4 is 5.01 Å². The third-order valence-corrected chi connectivity index (χ3v) is 4.94. The first kappa shape index (κ1) is 16.9. The molecule has 0 radical (unpaired) electrons. The van der Waals surface area contributed by atoms with Crippen LogP contribution in [0, 0.1) is 11.6 Å². The fourth-order valence-electron chi connectivity index (χ4n) is 3.13. The predicted octanol–water partition coefficient (Wildman–Crippen LogP) is 6.08. The molecule has 1 heterocycles. The minimum Gasteiger partial charge on any atom is -0.257 e. The molecule has 3 aromatic rings. The van der Waals surface area contributed by atoms with Crippen LogP contribution in [-0.2, 0) is 0 Å². The Morgan fingerprint density at radius 2 is 1.62 bits per heavy atom. The third-order valence-electron chi connectivity index (χ3n) is 4.42. The molecule has 0 saturated carbocycles. The van der Waals surface area contributed by atoms with Gasteiger partial charge in [-0.1, -0.05) is 46.3 Å². The van der Waals surface area contributed by atoms with Crippen LogP contribution in [0.5, 0.6) is 0 Å². The van der Waals surface area contributed by atoms with Gasteiger partial charge in [0.05, 0.1) is 17.4 Å². The van der Waals surface area contributed by atoms with Crippen molar-refractivity contribution in [3.63, 3.8) is 0 Å². The van der Waals surface area contributed by atoms with Crippen LogP contribution in [0.3, 0.4) is 0 Å². The number of benzene rings is 3. The minimum atomic E-state index is -0.312. The van der Waals surface area contributed by atoms with E-state index >= 15 is 0 Å². The fourth-order valence-corrected chi connectivity index (χ4v) is 3.39. The molecule has 1 unspecified atom stereocenters. The molecule has 0 aromatic heterocycles. The van der Waals surface area contributed by atoms with E-state index in [9.17, 15) is 8.78 Å². The smallest absolute Gasteiger partial charge is 0.125 e. The summed E-state index contributed by atoms with van der Waals surface area (Å²) in [5, 5.41) is 6.57. The fraction of sp³-hybridized carbons (Fsp3) is 0.0952. The average Bonchev–Trinajstić information content (AvgIpc) is 3.08. The summed E-state index contributed by atoms with van der Waals surface area (Å²) >= 11 is 3.44. The monoisotopic (exact) mass is 412 g/mol. The number of hydrazone groups is 1. The molecule has 1 aliphatic heterocycles. The molecular formula is C21H15BrF2N2. The van der Waals surface area contributed by atoms with E-state index in [1.165, 1.54) is 24.3 Å². The lowest BCUT2D eigenvalue weighted by atomic mass is 9.98. The van der Waals surface area contributed by atoms with Gasteiger partial charge in [0.15, 0.2) is 0 Å². The first-order valence-corrected chi connectivity index (χ1v) is 9.03. The van der Waals surface area contributed by atoms with E-state index in [2.05, 4.69) is 15.9 Å². The van der Waals surface area contributed by atoms with Gasteiger partial charge >= 0.3 is 0 Å². The molecule has 0 spiro atoms. The summed E-state index contributed by atoms with van der Waals surface area (Å²) in [5.74, 6) is -0.592. The van der Waals surface area contributed by atoms with Gasteiger partial charge in [0.25, 0.3) is 0 Å². The Morgan fingerprint density at radius 1 is 0.885 bits per heavy atom. The Hall–Kier alpha value is -2.53. The van der Waals surface area contributed by atoms with Crippen molar-refractivity contribution in [3.05, 3.63) is 100 Å². The van der Waals surface area contributed by atoms with E-state index < -0.39 is 0 Å². The Kier molecular flexibility index (Phi) is 4.55. The van der Waals surface area contributed by atoms with Crippen LogP contribution in [0.1, 0.15) is 23.6 Å². The normalized spacial score (nSPS) is 16.7. The second kappa shape index (κ2) is 7.00. The zero-order chi connectivity index (χ0) is 18.1. The molecule has 2 nitrogen and oxygen atoms in total. The third kappa shape index (κ3) is 3.40. The van der Waals surface area contributed by atoms with Crippen molar-refractivity contribution in [1.82, 2.24) is 0 Å². The number of halogens is 3. The van der Waals surface area contributed by atoms with Gasteiger partial charge in [0, 0.05) is 10.9 Å². The number of hydrogen-bond donors (Lipinski definition) is 0. The molecule has 0 N–H and O–H groups in total. The molecule has 4 rings (SSSR count). The summed E-state index contributed by atoms with van der Waals surface area (Å²) in [4.78, 5) is 0. The topological polar surface area (TPSA) is 15.6 Å². The van der Waals surface area contributed by atoms with Crippen molar-refractivity contribution in [2.24, 2.45) is 5.10 Å². The van der Waals surface area contributed by atoms with E-state index in [0.717, 1.165) is 21.3 Å². The summed E-state index contributed by atoms with van der Waals surface area (Å²) in [5.41, 5.74) is 3.54. The number of anilines is 1. The molecule has 0 aliphatic carbocycles. The van der Waals surface area contributed by atoms with E-state index in [4.69, 9.17) is 5.10 Å². The van der Waals surface area contributed by atoms with Gasteiger partial charge in [-0.25, -0.2) is 8.78 Å². The Bertz CT molecular complexity index is 953. The number of nitrogens with zero attached hydrogens (tertiary/aromatic N) is 2. The van der Waals surface area contributed by atoms with Gasteiger partial charge in [-0.15, -0.1) is 0 Å². The second-order valence-corrected chi connectivity index (χ2v) is 7.07. The van der Waals surface area contributed by atoms with Crippen molar-refractivity contribution in [3.8, 4) is 0 Å². The van der Waals surface area contributed by atoms with Gasteiger partial charge in [-0.2, -0.15) is 5.10 Å². The molecule has 5 heteroatoms. The first-order valence-electron chi connectivity index (χ1n) is 8.24. The van der Waals surface area contributed by atoms with Crippen molar-refractivity contribution < 1.29 is 8.78 Å². The highest BCUT2D eigenvalue weighted by molar-refractivity contribution is 9.10. The molecule has 130 valence electrons. The zero-order valence-corrected chi connectivity index (χ0v) is 15.3. The molecule has 0 saturated heterocycles. The van der Waals surface area contributed by atoms with Gasteiger partial charge in [0.2, 0.25) is 0 Å². The zero-order valence-electron chi connectivity index (χ0n) is 13.7. The van der Waals surface area contributed by atoms with Gasteiger partial charge in [0.1, 0.15) is 11.6 Å². The maximum atomic E-state index is 13.7. The molecule has 3 aromatic carbocycles. The van der Waals surface area contributed by atoms with E-state index in [-0.39, 0.29) is 17.7 Å². The number of rotatable bonds is 3. The molecule has 0 fully saturated rings. The summed E-state index contributed by atoms with van der Waals surface area (Å²) in [7, 11) is 0. The van der Waals surface area contributed by atoms with Crippen molar-refractivity contribution in [2.45, 2.75) is 12.5 Å². The van der Waals surface area contributed by atoms with Crippen molar-refractivity contribution in [2.75, 3.05) is 5.01 Å². The Balaban J connectivity index is 1.75. The lowest BCUT2D eigenvalue weighted by Crippen LogP contribution is -2.18. The summed E-state index contributed by atoms with van der Waals surface area (Å²) in [6.07, 6.45) is 0.657. The second-order valence-electron chi connectivity index (χ2n) is 6.15. The quantitative estimate of drug-likeness (QED) is 0.508. The highest BCUT2D eigenvalue weighted by atomic mass is 79.9. The molecule has 26 heavy (non-hydrogen) atoms. The lowest BCUT2D eigenvalue weighted by Gasteiger charge is -2.24. The van der Waals surface area contributed by atoms with Crippen LogP contribution >= 0.6 is 15.9 Å². The first-order chi connectivity index (χ1) is 12.6. The van der Waals surface area contributed by atoms with Gasteiger partial charge < -0.3 is 0 Å². The maximum absolute atomic E-state index is 13.7. The molecule has 0 amide bonds. The minimum absolute atomic E-state index is 0.115. The summed E-state index contributed by atoms with van der Waals surface area (Å²) in [6.45, 7) is 0. The number of hydrogen-bond acceptors (Lipinski definition) is 2. The highest BCUT2D eigenvalue weighted by Crippen LogP contribution is 2.37. The van der Waals surface area contributed by atoms with Crippen LogP contribution in [0.4, 0.5) is 14.5 Å². The van der Waals surface area contributed by atoms with Crippen LogP contribution in [0.2, 0.25) is 0 Å². The van der Waals surface area contributed by atoms with E-state index in [1.54, 1.807) is 18.2 Å². The van der Waals surface area contributed by atoms with Crippen molar-refractivity contribution >= 4 is 27.3 Å². The highest BCUT2D eigenvalue weighted by Gasteiger charge is 2.30. The standard InChI is InChI=1S/C21H15BrF2N2/c22-16-8-4-14(5-9-16)20-13-21(15-6-10-17(23)11-7-15)26(25-20)19-3-1-2-18(24)12-19/h1-12,21H,13H2. The Morgan fingerprint density at radius 3 is 2.31 bits per heavy atom. The molecule has 1 atom stereocenters. The lowest BCUT2D eigenvalue weighted by molar-refractivity contribution is 0.621. The van der Waals surface area contributed by atoms with Gasteiger partial charge in [-0.3, -0.25) is 5.01 Å². The Labute approximate surface area is 158 Å². The van der Waals surface area contributed by atoms with Crippen LogP contribution in [0.15, 0.2) is 82.4 Å². The van der Waals surface area contributed by atoms with E-state index in [0.29, 0.717) is 12.1 Å². The van der Waals surface area contributed by atoms with Crippen molar-refractivity contribution in [1.29, 1.82) is 0 Å². The summed E-state index contributed by atoms with van der Waals surface area (Å²) < 4.78 is 28.1. The maximum Gasteiger partial charge on any atom is 0.125 e. The molecule has 0 bridgehead atoms. The van der Waals surface area contributed by atoms with Gasteiger partial charge in [-0.05, 0) is 53.6 Å².